The third-order valence-corrected chi connectivity index (χ3v) is 6.75. The maximum Gasteiger partial charge on any atom is 0.519 e. The van der Waals surface area contributed by atoms with Crippen LogP contribution in [-0.2, 0) is 37.0 Å². The van der Waals surface area contributed by atoms with Crippen molar-refractivity contribution in [2.45, 2.75) is 72.2 Å². The number of aryl methyl sites for hydroxylation is 1. The number of esters is 1. The molecule has 0 saturated carbocycles. The molecule has 1 saturated heterocycles. The van der Waals surface area contributed by atoms with E-state index in [1.54, 1.807) is 36.1 Å². The molecule has 15 heteroatoms. The van der Waals surface area contributed by atoms with Gasteiger partial charge in [0.2, 0.25) is 11.8 Å². The van der Waals surface area contributed by atoms with E-state index in [1.165, 1.54) is 6.92 Å². The third kappa shape index (κ3) is 10.5. The summed E-state index contributed by atoms with van der Waals surface area (Å²) in [7, 11) is 0. The summed E-state index contributed by atoms with van der Waals surface area (Å²) in [5, 5.41) is 16.3. The van der Waals surface area contributed by atoms with Crippen LogP contribution in [0.4, 0.5) is 4.79 Å². The van der Waals surface area contributed by atoms with Crippen molar-refractivity contribution in [1.29, 1.82) is 5.41 Å². The Morgan fingerprint density at radius 3 is 2.43 bits per heavy atom. The molecule has 0 radical (unpaired) electrons. The molecule has 4 N–H and O–H groups in total. The van der Waals surface area contributed by atoms with Crippen molar-refractivity contribution < 1.29 is 37.5 Å². The topological polar surface area (TPSA) is 193 Å². The van der Waals surface area contributed by atoms with Crippen LogP contribution in [0.3, 0.4) is 0 Å². The molecular formula is C29H40ClN5O9. The highest BCUT2D eigenvalue weighted by Crippen LogP contribution is 2.21. The molecule has 1 aliphatic rings. The smallest absolute Gasteiger partial charge is 0.465 e. The molecule has 14 nitrogen and oxygen atoms in total. The van der Waals surface area contributed by atoms with Gasteiger partial charge in [0.25, 0.3) is 0 Å². The van der Waals surface area contributed by atoms with Crippen LogP contribution in [-0.4, -0.2) is 66.4 Å². The van der Waals surface area contributed by atoms with E-state index in [4.69, 9.17) is 23.7 Å². The summed E-state index contributed by atoms with van der Waals surface area (Å²) in [6, 6.07) is 5.41. The lowest BCUT2D eigenvalue weighted by molar-refractivity contribution is -0.143. The molecule has 3 rings (SSSR count). The van der Waals surface area contributed by atoms with E-state index in [1.807, 2.05) is 13.8 Å². The number of ether oxygens (including phenoxy) is 2. The molecule has 44 heavy (non-hydrogen) atoms. The summed E-state index contributed by atoms with van der Waals surface area (Å²) in [4.78, 5) is 63.0. The van der Waals surface area contributed by atoms with Crippen molar-refractivity contribution in [2.24, 2.45) is 5.92 Å². The van der Waals surface area contributed by atoms with Crippen molar-refractivity contribution in [3.63, 3.8) is 0 Å². The van der Waals surface area contributed by atoms with E-state index in [2.05, 4.69) is 16.0 Å². The molecule has 0 spiro atoms. The van der Waals surface area contributed by atoms with Crippen molar-refractivity contribution in [1.82, 2.24) is 20.9 Å². The maximum atomic E-state index is 13.4. The van der Waals surface area contributed by atoms with E-state index in [0.717, 1.165) is 5.56 Å². The number of hydrogen-bond donors (Lipinski definition) is 4. The van der Waals surface area contributed by atoms with E-state index < -0.39 is 30.0 Å². The molecule has 3 amide bonds. The summed E-state index contributed by atoms with van der Waals surface area (Å²) in [6.07, 6.45) is 0.832. The molecule has 1 fully saturated rings. The monoisotopic (exact) mass is 637 g/mol. The van der Waals surface area contributed by atoms with Crippen LogP contribution in [0.2, 0.25) is 0 Å². The van der Waals surface area contributed by atoms with E-state index >= 15 is 0 Å². The number of nitrogens with one attached hydrogen (secondary N) is 4. The molecule has 2 aromatic rings. The molecule has 0 aliphatic carbocycles. The van der Waals surface area contributed by atoms with Crippen LogP contribution in [0.15, 0.2) is 37.9 Å². The number of carbonyl (C=O) groups excluding carboxylic acids is 4. The van der Waals surface area contributed by atoms with Crippen LogP contribution in [0, 0.1) is 18.3 Å². The van der Waals surface area contributed by atoms with Crippen LogP contribution in [0.25, 0.3) is 0 Å². The van der Waals surface area contributed by atoms with Crippen molar-refractivity contribution >= 4 is 42.1 Å². The Hall–Kier alpha value is -4.17. The number of likely N-dealkylation sites (tertiary alicyclic amines) is 1. The normalized spacial score (nSPS) is 14.8. The van der Waals surface area contributed by atoms with Crippen molar-refractivity contribution in [3.8, 4) is 0 Å². The Kier molecular flexibility index (Phi) is 14.1. The Morgan fingerprint density at radius 1 is 1.11 bits per heavy atom. The lowest BCUT2D eigenvalue weighted by Gasteiger charge is -2.29. The molecule has 2 heterocycles. The zero-order valence-electron chi connectivity index (χ0n) is 25.2. The number of halogens is 1. The van der Waals surface area contributed by atoms with Gasteiger partial charge in [-0.15, -0.1) is 12.4 Å². The van der Waals surface area contributed by atoms with Gasteiger partial charge in [0.15, 0.2) is 18.1 Å². The summed E-state index contributed by atoms with van der Waals surface area (Å²) in [5.74, 6) is -1.57. The van der Waals surface area contributed by atoms with E-state index in [-0.39, 0.29) is 73.8 Å². The van der Waals surface area contributed by atoms with Gasteiger partial charge in [0, 0.05) is 18.7 Å². The Morgan fingerprint density at radius 2 is 1.82 bits per heavy atom. The highest BCUT2D eigenvalue weighted by Gasteiger charge is 2.37. The van der Waals surface area contributed by atoms with Gasteiger partial charge in [-0.1, -0.05) is 38.1 Å². The van der Waals surface area contributed by atoms with Gasteiger partial charge in [0.05, 0.1) is 19.2 Å². The predicted molar refractivity (Wildman–Crippen MR) is 160 cm³/mol. The number of alkyl carbamates (subject to hydrolysis) is 1. The molecule has 242 valence electrons. The Bertz CT molecular complexity index is 1360. The van der Waals surface area contributed by atoms with Crippen molar-refractivity contribution in [3.05, 3.63) is 57.5 Å². The van der Waals surface area contributed by atoms with Gasteiger partial charge in [-0.05, 0) is 44.6 Å². The fourth-order valence-electron chi connectivity index (χ4n) is 4.61. The second-order valence-electron chi connectivity index (χ2n) is 10.5. The Balaban J connectivity index is 0.00000675. The fraction of sp³-hybridized carbons (Fsp3) is 0.517. The van der Waals surface area contributed by atoms with Crippen LogP contribution < -0.4 is 21.8 Å². The number of carbonyl (C=O) groups is 4. The van der Waals surface area contributed by atoms with Crippen molar-refractivity contribution in [2.75, 3.05) is 19.7 Å². The second-order valence-corrected chi connectivity index (χ2v) is 10.5. The average molecular weight is 638 g/mol. The minimum absolute atomic E-state index is 0. The number of benzene rings is 1. The molecule has 1 aliphatic heterocycles. The van der Waals surface area contributed by atoms with E-state index in [0.29, 0.717) is 31.4 Å². The zero-order valence-corrected chi connectivity index (χ0v) is 26.0. The molecule has 1 aromatic carbocycles. The summed E-state index contributed by atoms with van der Waals surface area (Å²) in [6.45, 7) is 7.67. The van der Waals surface area contributed by atoms with Crippen LogP contribution in [0.1, 0.15) is 62.7 Å². The quantitative estimate of drug-likeness (QED) is 0.144. The molecular weight excluding hydrogens is 598 g/mol. The molecule has 0 bridgehead atoms. The highest BCUT2D eigenvalue weighted by atomic mass is 35.5. The number of amides is 3. The molecule has 1 aromatic heterocycles. The number of hydrogen-bond acceptors (Lipinski definition) is 11. The summed E-state index contributed by atoms with van der Waals surface area (Å²) >= 11 is 0. The highest BCUT2D eigenvalue weighted by molar-refractivity contribution is 6.04. The first kappa shape index (κ1) is 36.0. The maximum absolute atomic E-state index is 13.4. The average Bonchev–Trinajstić information content (AvgIpc) is 3.58. The predicted octanol–water partition coefficient (Wildman–Crippen LogP) is 2.39. The van der Waals surface area contributed by atoms with Gasteiger partial charge in [-0.3, -0.25) is 30.4 Å². The summed E-state index contributed by atoms with van der Waals surface area (Å²) in [5.41, 5.74) is 1.15. The van der Waals surface area contributed by atoms with Gasteiger partial charge in [-0.25, -0.2) is 9.59 Å². The van der Waals surface area contributed by atoms with Gasteiger partial charge in [0.1, 0.15) is 11.9 Å². The van der Waals surface area contributed by atoms with Gasteiger partial charge >= 0.3 is 17.9 Å². The summed E-state index contributed by atoms with van der Waals surface area (Å²) < 4.78 is 19.4. The first-order valence-electron chi connectivity index (χ1n) is 14.2. The minimum atomic E-state index is -0.910. The molecule has 0 unspecified atom stereocenters. The van der Waals surface area contributed by atoms with Gasteiger partial charge < -0.3 is 28.5 Å². The first-order chi connectivity index (χ1) is 20.5. The lowest BCUT2D eigenvalue weighted by atomic mass is 10.0. The zero-order chi connectivity index (χ0) is 31.5. The second kappa shape index (κ2) is 17.2. The SMILES string of the molecule is CCOC(=O)CN[C@H](CC(C)C)C(=O)N1CCC[C@H]1C(=O)NCc1ccc(C(=N)NC(=O)OCc2oc(=O)oc2C)cc1.Cl. The first-order valence-corrected chi connectivity index (χ1v) is 14.2. The number of amidine groups is 1. The Labute approximate surface area is 261 Å². The number of nitrogens with zero attached hydrogens (tertiary/aromatic N) is 1. The van der Waals surface area contributed by atoms with Gasteiger partial charge in [-0.2, -0.15) is 0 Å². The largest absolute Gasteiger partial charge is 0.519 e. The lowest BCUT2D eigenvalue weighted by Crippen LogP contribution is -2.53. The third-order valence-electron chi connectivity index (χ3n) is 6.75. The fourth-order valence-corrected chi connectivity index (χ4v) is 4.61. The number of rotatable bonds is 13. The standard InChI is InChI=1S/C29H39N5O9.ClH/c1-5-40-24(35)15-31-21(13-17(2)3)27(37)34-12-6-7-22(34)26(36)32-14-19-8-10-20(11-9-19)25(30)33-28(38)41-16-23-18(4)42-29(39)43-23;/h8-11,17,21-22,31H,5-7,12-16H2,1-4H3,(H,32,36)(H2,30,33,38);1H/t21-,22+;/m1./s1. The molecule has 2 atom stereocenters. The minimum Gasteiger partial charge on any atom is -0.465 e. The van der Waals surface area contributed by atoms with Crippen LogP contribution >= 0.6 is 12.4 Å². The van der Waals surface area contributed by atoms with E-state index in [9.17, 15) is 24.0 Å². The van der Waals surface area contributed by atoms with Crippen LogP contribution in [0.5, 0.6) is 0 Å².